The van der Waals surface area contributed by atoms with E-state index >= 15 is 0 Å². The largest absolute Gasteiger partial charge is 0.344 e. The summed E-state index contributed by atoms with van der Waals surface area (Å²) < 4.78 is 0. The van der Waals surface area contributed by atoms with Gasteiger partial charge in [0.15, 0.2) is 5.82 Å². The Morgan fingerprint density at radius 1 is 1.09 bits per heavy atom. The monoisotopic (exact) mass is 621 g/mol. The molecule has 0 aromatic carbocycles. The topological polar surface area (TPSA) is 151 Å². The number of carbonyl (C=O) groups is 3. The van der Waals surface area contributed by atoms with Crippen molar-refractivity contribution in [1.29, 1.82) is 5.26 Å². The molecule has 0 radical (unpaired) electrons. The van der Waals surface area contributed by atoms with E-state index in [-0.39, 0.29) is 42.4 Å². The molecule has 0 spiro atoms. The smallest absolute Gasteiger partial charge is 0.263 e. The van der Waals surface area contributed by atoms with E-state index in [0.29, 0.717) is 40.8 Å². The van der Waals surface area contributed by atoms with Crippen molar-refractivity contribution in [3.63, 3.8) is 0 Å². The fourth-order valence-electron chi connectivity index (χ4n) is 6.61. The Balaban J connectivity index is 1.41. The van der Waals surface area contributed by atoms with Gasteiger partial charge in [-0.05, 0) is 68.2 Å². The molecule has 2 N–H and O–H groups in total. The number of nitrogens with zero attached hydrogens (tertiary/aromatic N) is 7. The van der Waals surface area contributed by atoms with E-state index in [9.17, 15) is 19.6 Å². The van der Waals surface area contributed by atoms with Crippen molar-refractivity contribution in [3.05, 3.63) is 48.6 Å². The van der Waals surface area contributed by atoms with Gasteiger partial charge in [-0.3, -0.25) is 14.4 Å². The normalized spacial score (nSPS) is 22.0. The van der Waals surface area contributed by atoms with Crippen molar-refractivity contribution in [2.45, 2.75) is 62.6 Å². The van der Waals surface area contributed by atoms with E-state index in [0.717, 1.165) is 33.7 Å². The second kappa shape index (κ2) is 11.1. The summed E-state index contributed by atoms with van der Waals surface area (Å²) in [6.07, 6.45) is 3.58. The molecule has 2 aliphatic carbocycles. The fourth-order valence-corrected chi connectivity index (χ4v) is 9.55. The maximum absolute atomic E-state index is 13.3. The van der Waals surface area contributed by atoms with Crippen LogP contribution in [-0.4, -0.2) is 106 Å². The number of likely N-dealkylation sites (tertiary alicyclic amines) is 1. The average molecular weight is 622 g/mol. The molecule has 4 atom stereocenters. The summed E-state index contributed by atoms with van der Waals surface area (Å²) in [6, 6.07) is 5.86. The number of rotatable bonds is 8. The van der Waals surface area contributed by atoms with Crippen LogP contribution in [0.5, 0.6) is 0 Å². The first-order valence-corrected chi connectivity index (χ1v) is 16.1. The van der Waals surface area contributed by atoms with E-state index in [1.807, 2.05) is 19.1 Å². The lowest BCUT2D eigenvalue weighted by Crippen LogP contribution is -2.46. The third-order valence-electron chi connectivity index (χ3n) is 8.77. The van der Waals surface area contributed by atoms with E-state index < -0.39 is 5.41 Å². The number of hydrogen-bond donors (Lipinski definition) is 2. The molecule has 1 aliphatic heterocycles. The van der Waals surface area contributed by atoms with Crippen LogP contribution >= 0.6 is 22.7 Å². The molecule has 3 amide bonds. The van der Waals surface area contributed by atoms with Gasteiger partial charge >= 0.3 is 0 Å². The predicted molar refractivity (Wildman–Crippen MR) is 161 cm³/mol. The van der Waals surface area contributed by atoms with Gasteiger partial charge in [-0.2, -0.15) is 10.5 Å². The number of aromatic nitrogens is 4. The second-order valence-corrected chi connectivity index (χ2v) is 14.3. The summed E-state index contributed by atoms with van der Waals surface area (Å²) in [4.78, 5) is 47.6. The zero-order chi connectivity index (χ0) is 30.6. The minimum absolute atomic E-state index is 0.0655. The van der Waals surface area contributed by atoms with E-state index in [2.05, 4.69) is 32.0 Å². The van der Waals surface area contributed by atoms with Crippen molar-refractivity contribution < 1.29 is 14.4 Å². The summed E-state index contributed by atoms with van der Waals surface area (Å²) in [6.45, 7) is 2.12. The molecule has 2 fully saturated rings. The van der Waals surface area contributed by atoms with Crippen molar-refractivity contribution in [3.8, 4) is 6.07 Å². The number of hydrogen-bond acceptors (Lipinski definition) is 10. The summed E-state index contributed by atoms with van der Waals surface area (Å²) >= 11 is 2.87. The van der Waals surface area contributed by atoms with Gasteiger partial charge in [0, 0.05) is 50.0 Å². The number of tetrazole rings is 1. The Morgan fingerprint density at radius 3 is 2.21 bits per heavy atom. The highest BCUT2D eigenvalue weighted by atomic mass is 32.1. The highest BCUT2D eigenvalue weighted by Gasteiger charge is 2.54. The molecule has 12 nitrogen and oxygen atoms in total. The molecule has 43 heavy (non-hydrogen) atoms. The number of nitriles is 1. The number of carbonyl (C=O) groups excluding carboxylic acids is 3. The minimum atomic E-state index is -0.918. The van der Waals surface area contributed by atoms with Crippen LogP contribution in [0.4, 0.5) is 0 Å². The van der Waals surface area contributed by atoms with Gasteiger partial charge in [0.1, 0.15) is 11.5 Å². The van der Waals surface area contributed by atoms with Crippen LogP contribution in [0, 0.1) is 17.2 Å². The first-order chi connectivity index (χ1) is 20.5. The van der Waals surface area contributed by atoms with Crippen molar-refractivity contribution >= 4 is 40.4 Å². The lowest BCUT2D eigenvalue weighted by Gasteiger charge is -2.33. The zero-order valence-corrected chi connectivity index (χ0v) is 26.5. The van der Waals surface area contributed by atoms with Crippen molar-refractivity contribution in [2.75, 3.05) is 34.7 Å². The Bertz CT molecular complexity index is 1540. The number of thiophene rings is 2. The molecule has 3 aromatic rings. The molecule has 14 heteroatoms. The van der Waals surface area contributed by atoms with Crippen LogP contribution in [0.15, 0.2) is 12.1 Å². The molecule has 1 saturated heterocycles. The molecule has 1 unspecified atom stereocenters. The van der Waals surface area contributed by atoms with Gasteiger partial charge in [0.25, 0.3) is 11.8 Å². The van der Waals surface area contributed by atoms with E-state index in [1.54, 1.807) is 42.9 Å². The number of aryl methyl sites for hydroxylation is 2. The Hall–Kier alpha value is -3.67. The highest BCUT2D eigenvalue weighted by Crippen LogP contribution is 2.52. The van der Waals surface area contributed by atoms with Gasteiger partial charge in [-0.1, -0.05) is 5.21 Å². The molecule has 6 rings (SSSR count). The van der Waals surface area contributed by atoms with Gasteiger partial charge < -0.3 is 20.0 Å². The molecule has 226 valence electrons. The maximum Gasteiger partial charge on any atom is 0.263 e. The number of piperidine rings is 1. The van der Waals surface area contributed by atoms with Crippen LogP contribution in [0.25, 0.3) is 0 Å². The third kappa shape index (κ3) is 5.03. The number of aromatic amines is 1. The van der Waals surface area contributed by atoms with E-state index in [4.69, 9.17) is 0 Å². The molecule has 4 heterocycles. The predicted octanol–water partition coefficient (Wildman–Crippen LogP) is 2.04. The lowest BCUT2D eigenvalue weighted by molar-refractivity contribution is -0.131. The first kappa shape index (κ1) is 29.4. The summed E-state index contributed by atoms with van der Waals surface area (Å²) in [7, 11) is 6.95. The minimum Gasteiger partial charge on any atom is -0.344 e. The fraction of sp³-hybridized carbons (Fsp3) is 0.552. The number of amides is 3. The first-order valence-electron chi connectivity index (χ1n) is 14.4. The summed E-state index contributed by atoms with van der Waals surface area (Å²) in [5.41, 5.74) is 1.17. The van der Waals surface area contributed by atoms with Crippen LogP contribution in [0.1, 0.15) is 72.2 Å². The highest BCUT2D eigenvalue weighted by molar-refractivity contribution is 7.16. The van der Waals surface area contributed by atoms with Crippen molar-refractivity contribution in [1.82, 2.24) is 40.6 Å². The van der Waals surface area contributed by atoms with Gasteiger partial charge in [0.05, 0.1) is 22.4 Å². The van der Waals surface area contributed by atoms with Gasteiger partial charge in [-0.15, -0.1) is 32.9 Å². The second-order valence-electron chi connectivity index (χ2n) is 12.2. The number of nitrogens with one attached hydrogen (secondary N) is 2. The standard InChI is InChI=1S/C29H35N9O3S2/c1-15(31-14-23(39)38-19(13-30)8-18-9-20(18)38)12-29(28-32-34-35-33-28)24-16(10-21(42-24)26(40)36(2)3)6-7-17-11-22(43-25(17)29)27(41)37(4)5/h10-11,15,18-20,31H,6-9,12,14H2,1-5H3,(H,32,33,34,35)/t15-,18+,19?,20-/m0/s1. The Morgan fingerprint density at radius 2 is 1.70 bits per heavy atom. The zero-order valence-electron chi connectivity index (χ0n) is 24.9. The molecular weight excluding hydrogens is 587 g/mol. The quantitative estimate of drug-likeness (QED) is 0.388. The maximum atomic E-state index is 13.3. The molecule has 3 aromatic heterocycles. The van der Waals surface area contributed by atoms with Gasteiger partial charge in [0.2, 0.25) is 5.91 Å². The summed E-state index contributed by atoms with van der Waals surface area (Å²) in [5, 5.41) is 28.6. The molecule has 1 saturated carbocycles. The Kier molecular flexibility index (Phi) is 7.60. The van der Waals surface area contributed by atoms with Crippen LogP contribution in [0.3, 0.4) is 0 Å². The van der Waals surface area contributed by atoms with Crippen molar-refractivity contribution in [2.24, 2.45) is 5.92 Å². The SMILES string of the molecule is C[C@@H](CC1(c2nn[nH]n2)c2sc(C(=O)N(C)C)cc2CCc2cc(C(=O)N(C)C)sc21)NCC(=O)N1C(C#N)C[C@@H]2C[C@@H]21. The van der Waals surface area contributed by atoms with E-state index in [1.165, 1.54) is 22.7 Å². The summed E-state index contributed by atoms with van der Waals surface area (Å²) in [5.74, 6) is 0.680. The van der Waals surface area contributed by atoms with Crippen LogP contribution < -0.4 is 5.32 Å². The third-order valence-corrected chi connectivity index (χ3v) is 11.4. The number of H-pyrrole nitrogens is 1. The van der Waals surface area contributed by atoms with Gasteiger partial charge in [-0.25, -0.2) is 0 Å². The average Bonchev–Trinajstić information content (AvgIpc) is 3.48. The molecular formula is C29H35N9O3S2. The number of fused-ring (bicyclic) bond motifs is 3. The van der Waals surface area contributed by atoms with Crippen LogP contribution in [0.2, 0.25) is 0 Å². The molecule has 3 aliphatic rings. The lowest BCUT2D eigenvalue weighted by atomic mass is 9.76. The van der Waals surface area contributed by atoms with Crippen LogP contribution in [-0.2, 0) is 23.1 Å². The Labute approximate surface area is 258 Å². The molecule has 0 bridgehead atoms.